The topological polar surface area (TPSA) is 81.1 Å². The monoisotopic (exact) mass is 337 g/mol. The van der Waals surface area contributed by atoms with E-state index < -0.39 is 5.91 Å². The summed E-state index contributed by atoms with van der Waals surface area (Å²) >= 11 is 3.13. The van der Waals surface area contributed by atoms with E-state index in [1.165, 1.54) is 12.1 Å². The van der Waals surface area contributed by atoms with Crippen LogP contribution in [0.2, 0.25) is 0 Å². The number of primary amides is 1. The highest BCUT2D eigenvalue weighted by Crippen LogP contribution is 2.29. The summed E-state index contributed by atoms with van der Waals surface area (Å²) in [5.74, 6) is -0.917. The van der Waals surface area contributed by atoms with Gasteiger partial charge in [-0.15, -0.1) is 0 Å². The average molecular weight is 338 g/mol. The molecule has 0 bridgehead atoms. The van der Waals surface area contributed by atoms with Crippen molar-refractivity contribution < 1.29 is 9.18 Å². The van der Waals surface area contributed by atoms with Gasteiger partial charge in [0, 0.05) is 11.3 Å². The van der Waals surface area contributed by atoms with Crippen LogP contribution in [0.25, 0.3) is 0 Å². The van der Waals surface area contributed by atoms with Crippen molar-refractivity contribution in [3.05, 3.63) is 51.7 Å². The molecule has 20 heavy (non-hydrogen) atoms. The first-order valence-corrected chi connectivity index (χ1v) is 6.60. The molecule has 0 spiro atoms. The Morgan fingerprint density at radius 1 is 1.25 bits per heavy atom. The van der Waals surface area contributed by atoms with Gasteiger partial charge in [0.25, 0.3) is 0 Å². The van der Waals surface area contributed by atoms with E-state index in [-0.39, 0.29) is 5.82 Å². The molecule has 0 heterocycles. The number of halogens is 2. The van der Waals surface area contributed by atoms with E-state index in [0.29, 0.717) is 27.1 Å². The fraction of sp³-hybridized carbons (Fsp3) is 0.0714. The summed E-state index contributed by atoms with van der Waals surface area (Å²) in [6.07, 6.45) is 0. The van der Waals surface area contributed by atoms with E-state index in [9.17, 15) is 9.18 Å². The van der Waals surface area contributed by atoms with E-state index >= 15 is 0 Å². The quantitative estimate of drug-likeness (QED) is 0.751. The van der Waals surface area contributed by atoms with Crippen molar-refractivity contribution in [3.8, 4) is 0 Å². The lowest BCUT2D eigenvalue weighted by atomic mass is 10.1. The number of hydrogen-bond acceptors (Lipinski definition) is 3. The first-order valence-electron chi connectivity index (χ1n) is 5.80. The highest BCUT2D eigenvalue weighted by atomic mass is 79.9. The van der Waals surface area contributed by atoms with Crippen molar-refractivity contribution in [1.29, 1.82) is 0 Å². The number of carbonyl (C=O) groups is 1. The van der Waals surface area contributed by atoms with Gasteiger partial charge in [0.15, 0.2) is 0 Å². The van der Waals surface area contributed by atoms with Crippen LogP contribution in [0.15, 0.2) is 34.8 Å². The zero-order chi connectivity index (χ0) is 14.9. The molecule has 2 aromatic rings. The van der Waals surface area contributed by atoms with Crippen LogP contribution in [-0.2, 0) is 0 Å². The van der Waals surface area contributed by atoms with Crippen LogP contribution in [-0.4, -0.2) is 5.91 Å². The molecule has 0 aliphatic carbocycles. The molecule has 1 amide bonds. The average Bonchev–Trinajstić information content (AvgIpc) is 2.37. The van der Waals surface area contributed by atoms with Crippen LogP contribution in [0.5, 0.6) is 0 Å². The van der Waals surface area contributed by atoms with Crippen molar-refractivity contribution in [2.75, 3.05) is 11.1 Å². The summed E-state index contributed by atoms with van der Waals surface area (Å²) in [7, 11) is 0. The molecule has 0 saturated carbocycles. The number of aryl methyl sites for hydroxylation is 1. The standard InChI is InChI=1S/C14H13BrFN3O/c1-7-4-9(15)10(16)6-13(7)19-12-3-2-8(14(18)20)5-11(12)17/h2-6,19H,17H2,1H3,(H2,18,20). The lowest BCUT2D eigenvalue weighted by molar-refractivity contribution is 0.100. The van der Waals surface area contributed by atoms with Gasteiger partial charge in [-0.25, -0.2) is 4.39 Å². The molecule has 0 saturated heterocycles. The molecule has 5 N–H and O–H groups in total. The minimum Gasteiger partial charge on any atom is -0.397 e. The van der Waals surface area contributed by atoms with E-state index in [1.54, 1.807) is 18.2 Å². The number of nitrogens with two attached hydrogens (primary N) is 2. The molecule has 0 aliphatic rings. The maximum Gasteiger partial charge on any atom is 0.248 e. The SMILES string of the molecule is Cc1cc(Br)c(F)cc1Nc1ccc(C(N)=O)cc1N. The molecule has 0 atom stereocenters. The van der Waals surface area contributed by atoms with Crippen LogP contribution >= 0.6 is 15.9 Å². The Morgan fingerprint density at radius 2 is 1.95 bits per heavy atom. The molecule has 0 fully saturated rings. The Bertz CT molecular complexity index is 688. The first-order chi connectivity index (χ1) is 9.38. The molecule has 0 radical (unpaired) electrons. The normalized spacial score (nSPS) is 10.3. The van der Waals surface area contributed by atoms with Crippen LogP contribution in [0.3, 0.4) is 0 Å². The van der Waals surface area contributed by atoms with E-state index in [2.05, 4.69) is 21.2 Å². The van der Waals surface area contributed by atoms with Gasteiger partial charge in [0.1, 0.15) is 5.82 Å². The van der Waals surface area contributed by atoms with Crippen molar-refractivity contribution >= 4 is 38.9 Å². The van der Waals surface area contributed by atoms with E-state index in [4.69, 9.17) is 11.5 Å². The number of benzene rings is 2. The largest absolute Gasteiger partial charge is 0.397 e. The third-order valence-electron chi connectivity index (χ3n) is 2.87. The van der Waals surface area contributed by atoms with Crippen LogP contribution in [0, 0.1) is 12.7 Å². The Kier molecular flexibility index (Phi) is 3.94. The first kappa shape index (κ1) is 14.3. The molecule has 0 unspecified atom stereocenters. The number of hydrogen-bond donors (Lipinski definition) is 3. The maximum absolute atomic E-state index is 13.6. The Labute approximate surface area is 124 Å². The Morgan fingerprint density at radius 3 is 2.55 bits per heavy atom. The number of amides is 1. The lowest BCUT2D eigenvalue weighted by Crippen LogP contribution is -2.11. The van der Waals surface area contributed by atoms with Gasteiger partial charge in [-0.3, -0.25) is 4.79 Å². The maximum atomic E-state index is 13.6. The van der Waals surface area contributed by atoms with E-state index in [0.717, 1.165) is 5.56 Å². The van der Waals surface area contributed by atoms with Crippen LogP contribution in [0.4, 0.5) is 21.5 Å². The summed E-state index contributed by atoms with van der Waals surface area (Å²) in [6, 6.07) is 7.72. The predicted molar refractivity (Wildman–Crippen MR) is 81.5 cm³/mol. The van der Waals surface area contributed by atoms with Crippen molar-refractivity contribution in [3.63, 3.8) is 0 Å². The Balaban J connectivity index is 2.35. The number of nitrogens with one attached hydrogen (secondary N) is 1. The molecule has 2 aromatic carbocycles. The van der Waals surface area contributed by atoms with E-state index in [1.807, 2.05) is 6.92 Å². The predicted octanol–water partition coefficient (Wildman–Crippen LogP) is 3.32. The number of nitrogen functional groups attached to an aromatic ring is 1. The second-order valence-corrected chi connectivity index (χ2v) is 5.23. The Hall–Kier alpha value is -2.08. The van der Waals surface area contributed by atoms with Crippen LogP contribution in [0.1, 0.15) is 15.9 Å². The van der Waals surface area contributed by atoms with Gasteiger partial charge in [-0.1, -0.05) is 0 Å². The zero-order valence-corrected chi connectivity index (χ0v) is 12.3. The summed E-state index contributed by atoms with van der Waals surface area (Å²) in [5.41, 5.74) is 13.8. The molecular formula is C14H13BrFN3O. The van der Waals surface area contributed by atoms with Crippen molar-refractivity contribution in [2.45, 2.75) is 6.92 Å². The highest BCUT2D eigenvalue weighted by molar-refractivity contribution is 9.10. The fourth-order valence-electron chi connectivity index (χ4n) is 1.76. The summed E-state index contributed by atoms with van der Waals surface area (Å²) < 4.78 is 14.0. The van der Waals surface area contributed by atoms with Crippen LogP contribution < -0.4 is 16.8 Å². The minimum absolute atomic E-state index is 0.326. The second kappa shape index (κ2) is 5.50. The lowest BCUT2D eigenvalue weighted by Gasteiger charge is -2.13. The smallest absolute Gasteiger partial charge is 0.248 e. The van der Waals surface area contributed by atoms with Gasteiger partial charge in [-0.05, 0) is 58.7 Å². The third-order valence-corrected chi connectivity index (χ3v) is 3.48. The molecule has 104 valence electrons. The molecule has 2 rings (SSSR count). The summed E-state index contributed by atoms with van der Waals surface area (Å²) in [4.78, 5) is 11.1. The van der Waals surface area contributed by atoms with Gasteiger partial charge >= 0.3 is 0 Å². The molecule has 6 heteroatoms. The fourth-order valence-corrected chi connectivity index (χ4v) is 2.21. The molecule has 0 aliphatic heterocycles. The highest BCUT2D eigenvalue weighted by Gasteiger charge is 2.09. The van der Waals surface area contributed by atoms with Gasteiger partial charge in [0.05, 0.1) is 15.8 Å². The zero-order valence-electron chi connectivity index (χ0n) is 10.7. The number of carbonyl (C=O) groups excluding carboxylic acids is 1. The summed E-state index contributed by atoms with van der Waals surface area (Å²) in [6.45, 7) is 1.85. The minimum atomic E-state index is -0.547. The molecule has 0 aromatic heterocycles. The van der Waals surface area contributed by atoms with Crippen molar-refractivity contribution in [1.82, 2.24) is 0 Å². The van der Waals surface area contributed by atoms with Gasteiger partial charge in [-0.2, -0.15) is 0 Å². The second-order valence-electron chi connectivity index (χ2n) is 4.37. The summed E-state index contributed by atoms with van der Waals surface area (Å²) in [5, 5.41) is 3.04. The van der Waals surface area contributed by atoms with Gasteiger partial charge < -0.3 is 16.8 Å². The van der Waals surface area contributed by atoms with Gasteiger partial charge in [0.2, 0.25) is 5.91 Å². The van der Waals surface area contributed by atoms with Crippen molar-refractivity contribution in [2.24, 2.45) is 5.73 Å². The molecule has 4 nitrogen and oxygen atoms in total. The number of anilines is 3. The number of rotatable bonds is 3. The molecular weight excluding hydrogens is 325 g/mol. The third kappa shape index (κ3) is 2.91.